The molecule has 124 valence electrons. The van der Waals surface area contributed by atoms with E-state index in [0.717, 1.165) is 24.3 Å². The van der Waals surface area contributed by atoms with Gasteiger partial charge in [0.1, 0.15) is 11.5 Å². The summed E-state index contributed by atoms with van der Waals surface area (Å²) in [7, 11) is 1.61. The molecule has 0 radical (unpaired) electrons. The average Bonchev–Trinajstić information content (AvgIpc) is 2.62. The SMILES string of the molecule is CCCCc1c(O)c2ccccc2n(-c2ccc(OC)cc2)c1=O. The molecule has 1 heterocycles. The first-order chi connectivity index (χ1) is 11.7. The number of aromatic nitrogens is 1. The summed E-state index contributed by atoms with van der Waals surface area (Å²) in [6.07, 6.45) is 2.40. The van der Waals surface area contributed by atoms with Crippen molar-refractivity contribution >= 4 is 10.9 Å². The molecule has 0 fully saturated rings. The molecule has 0 unspecified atom stereocenters. The zero-order valence-corrected chi connectivity index (χ0v) is 14.0. The minimum atomic E-state index is -0.162. The highest BCUT2D eigenvalue weighted by atomic mass is 16.5. The van der Waals surface area contributed by atoms with Gasteiger partial charge in [0.05, 0.1) is 18.2 Å². The molecule has 3 rings (SSSR count). The molecule has 1 aromatic heterocycles. The van der Waals surface area contributed by atoms with E-state index in [-0.39, 0.29) is 11.3 Å². The molecule has 4 nitrogen and oxygen atoms in total. The fraction of sp³-hybridized carbons (Fsp3) is 0.250. The van der Waals surface area contributed by atoms with E-state index in [1.807, 2.05) is 48.5 Å². The van der Waals surface area contributed by atoms with Gasteiger partial charge in [-0.2, -0.15) is 0 Å². The van der Waals surface area contributed by atoms with Gasteiger partial charge in [0, 0.05) is 11.1 Å². The predicted molar refractivity (Wildman–Crippen MR) is 96.4 cm³/mol. The van der Waals surface area contributed by atoms with Gasteiger partial charge in [0.15, 0.2) is 0 Å². The molecule has 0 aliphatic rings. The Morgan fingerprint density at radius 1 is 1.08 bits per heavy atom. The summed E-state index contributed by atoms with van der Waals surface area (Å²) in [5.41, 5.74) is 1.77. The van der Waals surface area contributed by atoms with Crippen LogP contribution in [0.4, 0.5) is 0 Å². The number of methoxy groups -OCH3 is 1. The number of ether oxygens (including phenoxy) is 1. The van der Waals surface area contributed by atoms with E-state index >= 15 is 0 Å². The Kier molecular flexibility index (Phi) is 4.56. The monoisotopic (exact) mass is 323 g/mol. The summed E-state index contributed by atoms with van der Waals surface area (Å²) in [4.78, 5) is 13.0. The summed E-state index contributed by atoms with van der Waals surface area (Å²) in [6, 6.07) is 14.8. The maximum Gasteiger partial charge on any atom is 0.262 e. The first-order valence-corrected chi connectivity index (χ1v) is 8.17. The van der Waals surface area contributed by atoms with Gasteiger partial charge in [-0.1, -0.05) is 25.5 Å². The van der Waals surface area contributed by atoms with Crippen molar-refractivity contribution in [2.75, 3.05) is 7.11 Å². The number of rotatable bonds is 5. The zero-order valence-electron chi connectivity index (χ0n) is 14.0. The molecule has 0 aliphatic carbocycles. The number of pyridine rings is 1. The summed E-state index contributed by atoms with van der Waals surface area (Å²) in [6.45, 7) is 2.07. The number of nitrogens with zero attached hydrogens (tertiary/aromatic N) is 1. The predicted octanol–water partition coefficient (Wildman–Crippen LogP) is 4.05. The Bertz CT molecular complexity index is 911. The average molecular weight is 323 g/mol. The molecule has 1 N–H and O–H groups in total. The highest BCUT2D eigenvalue weighted by Crippen LogP contribution is 2.29. The van der Waals surface area contributed by atoms with Crippen molar-refractivity contribution in [3.05, 3.63) is 64.4 Å². The second kappa shape index (κ2) is 6.79. The molecule has 4 heteroatoms. The maximum atomic E-state index is 13.0. The number of hydrogen-bond acceptors (Lipinski definition) is 3. The van der Waals surface area contributed by atoms with Gasteiger partial charge in [-0.15, -0.1) is 0 Å². The Morgan fingerprint density at radius 3 is 2.46 bits per heavy atom. The standard InChI is InChI=1S/C20H21NO3/c1-3-4-7-17-19(22)16-8-5-6-9-18(16)21(20(17)23)14-10-12-15(24-2)13-11-14/h5-6,8-13,22H,3-4,7H2,1-2H3. The van der Waals surface area contributed by atoms with E-state index in [1.54, 1.807) is 11.7 Å². The molecular formula is C20H21NO3. The minimum absolute atomic E-state index is 0.105. The van der Waals surface area contributed by atoms with Gasteiger partial charge >= 0.3 is 0 Å². The van der Waals surface area contributed by atoms with Gasteiger partial charge in [-0.3, -0.25) is 9.36 Å². The number of benzene rings is 2. The van der Waals surface area contributed by atoms with Crippen molar-refractivity contribution in [2.24, 2.45) is 0 Å². The van der Waals surface area contributed by atoms with Crippen LogP contribution in [0.5, 0.6) is 11.5 Å². The number of aromatic hydroxyl groups is 1. The third-order valence-corrected chi connectivity index (χ3v) is 4.26. The lowest BCUT2D eigenvalue weighted by atomic mass is 10.0. The quantitative estimate of drug-likeness (QED) is 0.771. The minimum Gasteiger partial charge on any atom is -0.507 e. The van der Waals surface area contributed by atoms with E-state index in [4.69, 9.17) is 4.74 Å². The fourth-order valence-electron chi connectivity index (χ4n) is 2.94. The van der Waals surface area contributed by atoms with Gasteiger partial charge in [-0.05, 0) is 49.2 Å². The lowest BCUT2D eigenvalue weighted by Crippen LogP contribution is -2.23. The number of fused-ring (bicyclic) bond motifs is 1. The van der Waals surface area contributed by atoms with Crippen LogP contribution < -0.4 is 10.3 Å². The third-order valence-electron chi connectivity index (χ3n) is 4.26. The van der Waals surface area contributed by atoms with Gasteiger partial charge < -0.3 is 9.84 Å². The lowest BCUT2D eigenvalue weighted by molar-refractivity contribution is 0.414. The molecule has 0 bridgehead atoms. The Hall–Kier alpha value is -2.75. The van der Waals surface area contributed by atoms with Crippen LogP contribution in [0.25, 0.3) is 16.6 Å². The van der Waals surface area contributed by atoms with Crippen LogP contribution in [-0.4, -0.2) is 16.8 Å². The van der Waals surface area contributed by atoms with Crippen LogP contribution in [-0.2, 0) is 6.42 Å². The van der Waals surface area contributed by atoms with Crippen LogP contribution in [0.3, 0.4) is 0 Å². The highest BCUT2D eigenvalue weighted by molar-refractivity contribution is 5.87. The largest absolute Gasteiger partial charge is 0.507 e. The third kappa shape index (κ3) is 2.75. The molecule has 3 aromatic rings. The van der Waals surface area contributed by atoms with Crippen LogP contribution >= 0.6 is 0 Å². The molecule has 24 heavy (non-hydrogen) atoms. The second-order valence-electron chi connectivity index (χ2n) is 5.79. The van der Waals surface area contributed by atoms with Crippen molar-refractivity contribution in [3.63, 3.8) is 0 Å². The van der Waals surface area contributed by atoms with Crippen LogP contribution in [0.2, 0.25) is 0 Å². The Balaban J connectivity index is 2.30. The normalized spacial score (nSPS) is 10.9. The topological polar surface area (TPSA) is 51.5 Å². The first-order valence-electron chi connectivity index (χ1n) is 8.17. The Labute approximate surface area is 140 Å². The first kappa shape index (κ1) is 16.1. The molecule has 0 aliphatic heterocycles. The summed E-state index contributed by atoms with van der Waals surface area (Å²) >= 11 is 0. The zero-order chi connectivity index (χ0) is 17.1. The van der Waals surface area contributed by atoms with Crippen LogP contribution in [0.1, 0.15) is 25.3 Å². The van der Waals surface area contributed by atoms with Crippen LogP contribution in [0, 0.1) is 0 Å². The van der Waals surface area contributed by atoms with E-state index in [9.17, 15) is 9.90 Å². The van der Waals surface area contributed by atoms with Gasteiger partial charge in [-0.25, -0.2) is 0 Å². The number of hydrogen-bond donors (Lipinski definition) is 1. The molecule has 0 amide bonds. The highest BCUT2D eigenvalue weighted by Gasteiger charge is 2.16. The number of unbranched alkanes of at least 4 members (excludes halogenated alkanes) is 1. The molecule has 0 saturated heterocycles. The van der Waals surface area contributed by atoms with E-state index in [0.29, 0.717) is 22.9 Å². The summed E-state index contributed by atoms with van der Waals surface area (Å²) < 4.78 is 6.86. The van der Waals surface area contributed by atoms with E-state index in [2.05, 4.69) is 6.92 Å². The second-order valence-corrected chi connectivity index (χ2v) is 5.79. The molecule has 0 spiro atoms. The maximum absolute atomic E-state index is 13.0. The smallest absolute Gasteiger partial charge is 0.262 e. The molecule has 0 atom stereocenters. The molecule has 2 aromatic carbocycles. The Morgan fingerprint density at radius 2 is 1.79 bits per heavy atom. The summed E-state index contributed by atoms with van der Waals surface area (Å²) in [5, 5.41) is 11.3. The van der Waals surface area contributed by atoms with Crippen molar-refractivity contribution in [1.29, 1.82) is 0 Å². The van der Waals surface area contributed by atoms with Crippen molar-refractivity contribution in [1.82, 2.24) is 4.57 Å². The lowest BCUT2D eigenvalue weighted by Gasteiger charge is -2.15. The van der Waals surface area contributed by atoms with Gasteiger partial charge in [0.25, 0.3) is 5.56 Å². The van der Waals surface area contributed by atoms with E-state index in [1.165, 1.54) is 0 Å². The van der Waals surface area contributed by atoms with Crippen molar-refractivity contribution in [3.8, 4) is 17.2 Å². The molecular weight excluding hydrogens is 302 g/mol. The van der Waals surface area contributed by atoms with Gasteiger partial charge in [0.2, 0.25) is 0 Å². The number of para-hydroxylation sites is 1. The van der Waals surface area contributed by atoms with Crippen molar-refractivity contribution < 1.29 is 9.84 Å². The molecule has 0 saturated carbocycles. The van der Waals surface area contributed by atoms with Crippen molar-refractivity contribution in [2.45, 2.75) is 26.2 Å². The fourth-order valence-corrected chi connectivity index (χ4v) is 2.94. The van der Waals surface area contributed by atoms with E-state index < -0.39 is 0 Å². The summed E-state index contributed by atoms with van der Waals surface area (Å²) in [5.74, 6) is 0.843. The van der Waals surface area contributed by atoms with Crippen LogP contribution in [0.15, 0.2) is 53.3 Å².